The first-order valence-electron chi connectivity index (χ1n) is 7.67. The Morgan fingerprint density at radius 3 is 2.44 bits per heavy atom. The van der Waals surface area contributed by atoms with Crippen molar-refractivity contribution in [3.8, 4) is 11.5 Å². The second-order valence-electron chi connectivity index (χ2n) is 5.21. The molecule has 0 saturated carbocycles. The molecule has 0 radical (unpaired) electrons. The molecule has 0 heterocycles. The van der Waals surface area contributed by atoms with Crippen LogP contribution in [0.1, 0.15) is 15.9 Å². The molecule has 3 aromatic rings. The maximum atomic E-state index is 11.2. The molecule has 0 fully saturated rings. The Morgan fingerprint density at radius 2 is 1.64 bits per heavy atom. The summed E-state index contributed by atoms with van der Waals surface area (Å²) in [4.78, 5) is 11.2. The van der Waals surface area contributed by atoms with Crippen molar-refractivity contribution in [3.05, 3.63) is 90.0 Å². The zero-order chi connectivity index (χ0) is 17.5. The molecule has 0 aliphatic heterocycles. The smallest absolute Gasteiger partial charge is 0.337 e. The summed E-state index contributed by atoms with van der Waals surface area (Å²) < 4.78 is 5.77. The Kier molecular flexibility index (Phi) is 5.07. The molecule has 0 spiro atoms. The largest absolute Gasteiger partial charge is 0.478 e. The van der Waals surface area contributed by atoms with Gasteiger partial charge in [-0.1, -0.05) is 42.5 Å². The third kappa shape index (κ3) is 4.45. The number of carbonyl (C=O) groups is 1. The van der Waals surface area contributed by atoms with Gasteiger partial charge in [0.1, 0.15) is 11.5 Å². The van der Waals surface area contributed by atoms with Gasteiger partial charge in [-0.05, 0) is 42.0 Å². The molecule has 3 aromatic carbocycles. The Balaban J connectivity index is 1.70. The summed E-state index contributed by atoms with van der Waals surface area (Å²) in [6.07, 6.45) is 1.61. The molecule has 124 valence electrons. The highest BCUT2D eigenvalue weighted by Crippen LogP contribution is 2.21. The molecule has 0 aromatic heterocycles. The van der Waals surface area contributed by atoms with Crippen molar-refractivity contribution in [2.75, 3.05) is 5.43 Å². The average Bonchev–Trinajstić information content (AvgIpc) is 2.63. The molecule has 0 amide bonds. The van der Waals surface area contributed by atoms with E-state index in [1.165, 1.54) is 6.07 Å². The number of hydrogen-bond acceptors (Lipinski definition) is 4. The molecule has 0 bridgehead atoms. The number of hydrazone groups is 1. The first-order chi connectivity index (χ1) is 12.2. The molecular weight excluding hydrogens is 316 g/mol. The van der Waals surface area contributed by atoms with Gasteiger partial charge in [0, 0.05) is 0 Å². The van der Waals surface area contributed by atoms with Gasteiger partial charge in [0.2, 0.25) is 0 Å². The van der Waals surface area contributed by atoms with Gasteiger partial charge in [-0.2, -0.15) is 5.10 Å². The summed E-state index contributed by atoms with van der Waals surface area (Å²) in [6.45, 7) is 0. The number of rotatable bonds is 6. The first kappa shape index (κ1) is 16.3. The second kappa shape index (κ2) is 7.79. The monoisotopic (exact) mass is 332 g/mol. The van der Waals surface area contributed by atoms with Crippen LogP contribution in [0, 0.1) is 0 Å². The minimum absolute atomic E-state index is 0.167. The van der Waals surface area contributed by atoms with E-state index < -0.39 is 5.97 Å². The van der Waals surface area contributed by atoms with Crippen LogP contribution in [0.25, 0.3) is 0 Å². The zero-order valence-corrected chi connectivity index (χ0v) is 13.3. The van der Waals surface area contributed by atoms with Crippen molar-refractivity contribution in [1.82, 2.24) is 0 Å². The van der Waals surface area contributed by atoms with Gasteiger partial charge in [-0.3, -0.25) is 5.43 Å². The van der Waals surface area contributed by atoms with E-state index in [4.69, 9.17) is 9.84 Å². The van der Waals surface area contributed by atoms with Crippen LogP contribution in [0.4, 0.5) is 5.69 Å². The fourth-order valence-corrected chi connectivity index (χ4v) is 2.23. The quantitative estimate of drug-likeness (QED) is 0.510. The minimum atomic E-state index is -1.00. The number of nitrogens with zero attached hydrogens (tertiary/aromatic N) is 1. The van der Waals surface area contributed by atoms with Crippen LogP contribution in [0.2, 0.25) is 0 Å². The molecule has 0 atom stereocenters. The minimum Gasteiger partial charge on any atom is -0.478 e. The zero-order valence-electron chi connectivity index (χ0n) is 13.3. The van der Waals surface area contributed by atoms with Crippen LogP contribution >= 0.6 is 0 Å². The predicted molar refractivity (Wildman–Crippen MR) is 97.6 cm³/mol. The van der Waals surface area contributed by atoms with Crippen LogP contribution in [-0.2, 0) is 0 Å². The molecule has 3 rings (SSSR count). The van der Waals surface area contributed by atoms with Crippen LogP contribution in [0.15, 0.2) is 84.0 Å². The van der Waals surface area contributed by atoms with Gasteiger partial charge in [-0.15, -0.1) is 0 Å². The Labute approximate surface area is 145 Å². The van der Waals surface area contributed by atoms with Crippen molar-refractivity contribution >= 4 is 17.9 Å². The molecule has 5 nitrogen and oxygen atoms in total. The highest BCUT2D eigenvalue weighted by Gasteiger charge is 2.07. The fourth-order valence-electron chi connectivity index (χ4n) is 2.23. The van der Waals surface area contributed by atoms with Gasteiger partial charge in [0.25, 0.3) is 0 Å². The van der Waals surface area contributed by atoms with E-state index in [9.17, 15) is 4.79 Å². The molecule has 5 heteroatoms. The lowest BCUT2D eigenvalue weighted by Crippen LogP contribution is -2.02. The SMILES string of the molecule is O=C(O)c1ccccc1N/N=C/c1cccc(Oc2ccccc2)c1. The molecule has 0 aliphatic rings. The summed E-state index contributed by atoms with van der Waals surface area (Å²) in [7, 11) is 0. The third-order valence-electron chi connectivity index (χ3n) is 3.39. The van der Waals surface area contributed by atoms with E-state index in [2.05, 4.69) is 10.5 Å². The van der Waals surface area contributed by atoms with Gasteiger partial charge >= 0.3 is 5.97 Å². The van der Waals surface area contributed by atoms with Gasteiger partial charge in [-0.25, -0.2) is 4.79 Å². The lowest BCUT2D eigenvalue weighted by Gasteiger charge is -2.06. The molecule has 0 aliphatic carbocycles. The number of anilines is 1. The Morgan fingerprint density at radius 1 is 0.920 bits per heavy atom. The van der Waals surface area contributed by atoms with Gasteiger partial charge < -0.3 is 9.84 Å². The Hall–Kier alpha value is -3.60. The van der Waals surface area contributed by atoms with Crippen LogP contribution in [0.5, 0.6) is 11.5 Å². The van der Waals surface area contributed by atoms with Crippen molar-refractivity contribution in [2.24, 2.45) is 5.10 Å². The van der Waals surface area contributed by atoms with Crippen molar-refractivity contribution in [3.63, 3.8) is 0 Å². The second-order valence-corrected chi connectivity index (χ2v) is 5.21. The van der Waals surface area contributed by atoms with Crippen molar-refractivity contribution in [1.29, 1.82) is 0 Å². The topological polar surface area (TPSA) is 70.9 Å². The third-order valence-corrected chi connectivity index (χ3v) is 3.39. The number of carboxylic acid groups (broad SMARTS) is 1. The van der Waals surface area contributed by atoms with Gasteiger partial charge in [0.15, 0.2) is 0 Å². The normalized spacial score (nSPS) is 10.6. The molecule has 25 heavy (non-hydrogen) atoms. The van der Waals surface area contributed by atoms with E-state index in [0.717, 1.165) is 11.3 Å². The van der Waals surface area contributed by atoms with E-state index in [0.29, 0.717) is 11.4 Å². The predicted octanol–water partition coefficient (Wildman–Crippen LogP) is 4.62. The lowest BCUT2D eigenvalue weighted by molar-refractivity contribution is 0.0698. The maximum absolute atomic E-state index is 11.2. The highest BCUT2D eigenvalue weighted by molar-refractivity contribution is 5.94. The van der Waals surface area contributed by atoms with Crippen molar-refractivity contribution in [2.45, 2.75) is 0 Å². The number of aromatic carboxylic acids is 1. The van der Waals surface area contributed by atoms with Crippen LogP contribution < -0.4 is 10.2 Å². The molecule has 2 N–H and O–H groups in total. The van der Waals surface area contributed by atoms with E-state index >= 15 is 0 Å². The van der Waals surface area contributed by atoms with Crippen LogP contribution in [0.3, 0.4) is 0 Å². The number of ether oxygens (including phenoxy) is 1. The lowest BCUT2D eigenvalue weighted by atomic mass is 10.2. The highest BCUT2D eigenvalue weighted by atomic mass is 16.5. The average molecular weight is 332 g/mol. The van der Waals surface area contributed by atoms with E-state index in [1.54, 1.807) is 24.4 Å². The Bertz CT molecular complexity index is 892. The summed E-state index contributed by atoms with van der Waals surface area (Å²) in [5.74, 6) is 0.447. The number of carboxylic acids is 1. The van der Waals surface area contributed by atoms with Crippen LogP contribution in [-0.4, -0.2) is 17.3 Å². The number of hydrogen-bond donors (Lipinski definition) is 2. The summed E-state index contributed by atoms with van der Waals surface area (Å²) in [6, 6.07) is 23.6. The van der Waals surface area contributed by atoms with Crippen molar-refractivity contribution < 1.29 is 14.6 Å². The standard InChI is InChI=1S/C20H16N2O3/c23-20(24)18-11-4-5-12-19(18)22-21-14-15-7-6-10-17(13-15)25-16-8-2-1-3-9-16/h1-14,22H,(H,23,24)/b21-14+. The van der Waals surface area contributed by atoms with Gasteiger partial charge in [0.05, 0.1) is 17.5 Å². The molecule has 0 unspecified atom stereocenters. The molecule has 0 saturated heterocycles. The summed E-state index contributed by atoms with van der Waals surface area (Å²) >= 11 is 0. The number of nitrogens with one attached hydrogen (secondary N) is 1. The summed E-state index contributed by atoms with van der Waals surface area (Å²) in [5.41, 5.74) is 4.19. The molecular formula is C20H16N2O3. The number of benzene rings is 3. The fraction of sp³-hybridized carbons (Fsp3) is 0. The van der Waals surface area contributed by atoms with E-state index in [1.807, 2.05) is 54.6 Å². The van der Waals surface area contributed by atoms with E-state index in [-0.39, 0.29) is 5.56 Å². The maximum Gasteiger partial charge on any atom is 0.337 e. The number of para-hydroxylation sites is 2. The first-order valence-corrected chi connectivity index (χ1v) is 7.67. The summed E-state index contributed by atoms with van der Waals surface area (Å²) in [5, 5.41) is 13.3.